The van der Waals surface area contributed by atoms with Gasteiger partial charge >= 0.3 is 0 Å². The van der Waals surface area contributed by atoms with Gasteiger partial charge in [0, 0.05) is 12.1 Å². The molecule has 1 fully saturated rings. The normalized spacial score (nSPS) is 35.2. The molecule has 1 saturated heterocycles. The summed E-state index contributed by atoms with van der Waals surface area (Å²) >= 11 is 0. The lowest BCUT2D eigenvalue weighted by atomic mass is 10.1. The van der Waals surface area contributed by atoms with Crippen LogP contribution in [-0.2, 0) is 9.53 Å². The lowest BCUT2D eigenvalue weighted by Gasteiger charge is -2.14. The molecule has 1 heterocycles. The lowest BCUT2D eigenvalue weighted by molar-refractivity contribution is -0.129. The van der Waals surface area contributed by atoms with Crippen LogP contribution in [0.15, 0.2) is 12.2 Å². The van der Waals surface area contributed by atoms with Crippen molar-refractivity contribution in [2.24, 2.45) is 0 Å². The van der Waals surface area contributed by atoms with Crippen LogP contribution in [0.4, 0.5) is 0 Å². The largest absolute Gasteiger partial charge is 0.387 e. The van der Waals surface area contributed by atoms with Gasteiger partial charge in [-0.1, -0.05) is 6.58 Å². The van der Waals surface area contributed by atoms with E-state index in [0.29, 0.717) is 5.57 Å². The number of aliphatic hydroxyl groups is 3. The van der Waals surface area contributed by atoms with E-state index in [0.717, 1.165) is 0 Å². The molecule has 1 aliphatic heterocycles. The van der Waals surface area contributed by atoms with E-state index in [1.807, 2.05) is 0 Å². The fourth-order valence-electron chi connectivity index (χ4n) is 1.24. The van der Waals surface area contributed by atoms with Gasteiger partial charge in [-0.05, 0) is 6.92 Å². The minimum Gasteiger partial charge on any atom is -0.387 e. The molecule has 6 heteroatoms. The third-order valence-electron chi connectivity index (χ3n) is 2.19. The van der Waals surface area contributed by atoms with Crippen LogP contribution in [0.1, 0.15) is 6.92 Å². The van der Waals surface area contributed by atoms with Crippen molar-refractivity contribution < 1.29 is 24.9 Å². The number of aliphatic hydroxyl groups excluding tert-OH is 3. The van der Waals surface area contributed by atoms with Crippen LogP contribution in [0.5, 0.6) is 0 Å². The number of carbonyl (C=O) groups excluding carboxylic acids is 1. The number of hydrogen-bond donors (Lipinski definition) is 4. The Morgan fingerprint density at radius 1 is 1.40 bits per heavy atom. The summed E-state index contributed by atoms with van der Waals surface area (Å²) < 4.78 is 4.83. The summed E-state index contributed by atoms with van der Waals surface area (Å²) in [4.78, 5) is 11.1. The minimum atomic E-state index is -1.41. The number of nitrogens with one attached hydrogen (secondary N) is 1. The molecule has 0 radical (unpaired) electrons. The maximum atomic E-state index is 11.1. The Kier molecular flexibility index (Phi) is 3.81. The van der Waals surface area contributed by atoms with Crippen LogP contribution in [0.3, 0.4) is 0 Å². The van der Waals surface area contributed by atoms with Crippen molar-refractivity contribution in [1.29, 1.82) is 0 Å². The number of rotatable bonds is 3. The highest BCUT2D eigenvalue weighted by molar-refractivity contribution is 5.92. The zero-order valence-corrected chi connectivity index (χ0v) is 8.38. The molecule has 4 N–H and O–H groups in total. The van der Waals surface area contributed by atoms with Crippen molar-refractivity contribution in [3.8, 4) is 0 Å². The lowest BCUT2D eigenvalue weighted by Crippen LogP contribution is -2.40. The fourth-order valence-corrected chi connectivity index (χ4v) is 1.24. The van der Waals surface area contributed by atoms with Crippen LogP contribution in [0.2, 0.25) is 0 Å². The number of ether oxygens (including phenoxy) is 1. The second-order valence-corrected chi connectivity index (χ2v) is 3.54. The molecule has 1 amide bonds. The summed E-state index contributed by atoms with van der Waals surface area (Å²) in [7, 11) is 0. The van der Waals surface area contributed by atoms with E-state index >= 15 is 0 Å². The second-order valence-electron chi connectivity index (χ2n) is 3.54. The van der Waals surface area contributed by atoms with E-state index in [1.165, 1.54) is 0 Å². The average molecular weight is 217 g/mol. The summed E-state index contributed by atoms with van der Waals surface area (Å²) in [5.74, 6) is -0.360. The Hall–Kier alpha value is -0.950. The van der Waals surface area contributed by atoms with E-state index in [-0.39, 0.29) is 12.5 Å². The molecule has 1 unspecified atom stereocenters. The Balaban J connectivity index is 2.41. The molecular weight excluding hydrogens is 202 g/mol. The molecule has 0 spiro atoms. The summed E-state index contributed by atoms with van der Waals surface area (Å²) in [5, 5.41) is 30.0. The fraction of sp³-hybridized carbons (Fsp3) is 0.667. The van der Waals surface area contributed by atoms with Gasteiger partial charge in [0.15, 0.2) is 6.29 Å². The highest BCUT2D eigenvalue weighted by atomic mass is 16.6. The van der Waals surface area contributed by atoms with Crippen LogP contribution in [0.25, 0.3) is 0 Å². The SMILES string of the molecule is C=C(C)C(=O)NC[C@H]1OC(O)[C@H](O)[C@@H]1O. The molecule has 0 aromatic rings. The van der Waals surface area contributed by atoms with Crippen molar-refractivity contribution >= 4 is 5.91 Å². The zero-order valence-electron chi connectivity index (χ0n) is 8.38. The van der Waals surface area contributed by atoms with Gasteiger partial charge in [0.1, 0.15) is 18.3 Å². The Bertz CT molecular complexity index is 267. The van der Waals surface area contributed by atoms with Gasteiger partial charge in [0.05, 0.1) is 0 Å². The molecule has 6 nitrogen and oxygen atoms in total. The van der Waals surface area contributed by atoms with Crippen molar-refractivity contribution in [3.05, 3.63) is 12.2 Å². The third-order valence-corrected chi connectivity index (χ3v) is 2.19. The summed E-state index contributed by atoms with van der Waals surface area (Å²) in [6.07, 6.45) is -4.76. The van der Waals surface area contributed by atoms with E-state index in [9.17, 15) is 9.90 Å². The monoisotopic (exact) mass is 217 g/mol. The zero-order chi connectivity index (χ0) is 11.6. The maximum Gasteiger partial charge on any atom is 0.246 e. The van der Waals surface area contributed by atoms with Gasteiger partial charge < -0.3 is 25.4 Å². The molecule has 0 aliphatic carbocycles. The first-order valence-corrected chi connectivity index (χ1v) is 4.57. The number of amides is 1. The molecule has 0 aromatic carbocycles. The molecule has 15 heavy (non-hydrogen) atoms. The molecule has 1 rings (SSSR count). The Morgan fingerprint density at radius 3 is 2.40 bits per heavy atom. The summed E-state index contributed by atoms with van der Waals surface area (Å²) in [6.45, 7) is 5.00. The first-order chi connectivity index (χ1) is 6.93. The van der Waals surface area contributed by atoms with Crippen LogP contribution < -0.4 is 5.32 Å². The predicted molar refractivity (Wildman–Crippen MR) is 50.7 cm³/mol. The molecular formula is C9H15NO5. The first kappa shape index (κ1) is 12.1. The maximum absolute atomic E-state index is 11.1. The highest BCUT2D eigenvalue weighted by Crippen LogP contribution is 2.18. The molecule has 86 valence electrons. The van der Waals surface area contributed by atoms with Gasteiger partial charge in [0.25, 0.3) is 0 Å². The third kappa shape index (κ3) is 2.75. The first-order valence-electron chi connectivity index (χ1n) is 4.57. The van der Waals surface area contributed by atoms with Gasteiger partial charge in [-0.15, -0.1) is 0 Å². The number of carbonyl (C=O) groups is 1. The Labute approximate surface area is 87.2 Å². The molecule has 1 aliphatic rings. The summed E-state index contributed by atoms with van der Waals surface area (Å²) in [5.41, 5.74) is 0.337. The highest BCUT2D eigenvalue weighted by Gasteiger charge is 2.41. The van der Waals surface area contributed by atoms with E-state index in [2.05, 4.69) is 11.9 Å². The average Bonchev–Trinajstić information content (AvgIpc) is 2.42. The van der Waals surface area contributed by atoms with Gasteiger partial charge in [-0.2, -0.15) is 0 Å². The predicted octanol–water partition coefficient (Wildman–Crippen LogP) is -1.88. The second kappa shape index (κ2) is 4.71. The van der Waals surface area contributed by atoms with E-state index in [1.54, 1.807) is 6.92 Å². The van der Waals surface area contributed by atoms with E-state index < -0.39 is 24.6 Å². The topological polar surface area (TPSA) is 99.0 Å². The van der Waals surface area contributed by atoms with Crippen LogP contribution in [-0.4, -0.2) is 52.4 Å². The minimum absolute atomic E-state index is 0.0149. The van der Waals surface area contributed by atoms with Crippen LogP contribution in [0, 0.1) is 0 Å². The van der Waals surface area contributed by atoms with Crippen molar-refractivity contribution in [2.45, 2.75) is 31.5 Å². The smallest absolute Gasteiger partial charge is 0.246 e. The summed E-state index contributed by atoms with van der Waals surface area (Å²) in [6, 6.07) is 0. The van der Waals surface area contributed by atoms with Gasteiger partial charge in [0.2, 0.25) is 5.91 Å². The quantitative estimate of drug-likeness (QED) is 0.415. The molecule has 0 bridgehead atoms. The van der Waals surface area contributed by atoms with E-state index in [4.69, 9.17) is 14.9 Å². The molecule has 0 aromatic heterocycles. The van der Waals surface area contributed by atoms with Gasteiger partial charge in [-0.3, -0.25) is 4.79 Å². The van der Waals surface area contributed by atoms with Crippen molar-refractivity contribution in [3.63, 3.8) is 0 Å². The van der Waals surface area contributed by atoms with Crippen LogP contribution >= 0.6 is 0 Å². The Morgan fingerprint density at radius 2 is 2.00 bits per heavy atom. The van der Waals surface area contributed by atoms with Crippen molar-refractivity contribution in [2.75, 3.05) is 6.54 Å². The standard InChI is InChI=1S/C9H15NO5/c1-4(2)8(13)10-3-5-6(11)7(12)9(14)15-5/h5-7,9,11-12,14H,1,3H2,2H3,(H,10,13)/t5-,6-,7-,9?/m1/s1. The molecule has 4 atom stereocenters. The number of hydrogen-bond acceptors (Lipinski definition) is 5. The van der Waals surface area contributed by atoms with Crippen molar-refractivity contribution in [1.82, 2.24) is 5.32 Å². The molecule has 0 saturated carbocycles. The van der Waals surface area contributed by atoms with Gasteiger partial charge in [-0.25, -0.2) is 0 Å².